The summed E-state index contributed by atoms with van der Waals surface area (Å²) < 4.78 is 0. The molecule has 0 aromatic heterocycles. The van der Waals surface area contributed by atoms with Crippen molar-refractivity contribution in [3.05, 3.63) is 0 Å². The average molecular weight is 258 g/mol. The number of halogens is 1. The number of nitrogens with zero attached hydrogens (tertiary/aromatic N) is 2. The first kappa shape index (κ1) is 14.3. The van der Waals surface area contributed by atoms with Crippen molar-refractivity contribution in [2.45, 2.75) is 50.6 Å². The fourth-order valence-electron chi connectivity index (χ4n) is 2.66. The minimum Gasteiger partial charge on any atom is -0.326 e. The second kappa shape index (κ2) is 6.83. The Kier molecular flexibility index (Phi) is 5.73. The number of carbonyl (C=O) groups is 1. The monoisotopic (exact) mass is 257 g/mol. The van der Waals surface area contributed by atoms with E-state index < -0.39 is 0 Å². The van der Waals surface area contributed by atoms with Crippen molar-refractivity contribution in [2.24, 2.45) is 0 Å². The Labute approximate surface area is 109 Å². The van der Waals surface area contributed by atoms with Crippen LogP contribution in [0.15, 0.2) is 0 Å². The van der Waals surface area contributed by atoms with Gasteiger partial charge in [0.2, 0.25) is 5.91 Å². The summed E-state index contributed by atoms with van der Waals surface area (Å²) in [6, 6.07) is 2.54. The van der Waals surface area contributed by atoms with Gasteiger partial charge in [0.15, 0.2) is 0 Å². The number of rotatable bonds is 3. The SMILES string of the molecule is Cl.N#C[C@@H]1CCCN1C(=O)CNC1CCCC1. The Bertz CT molecular complexity index is 297. The van der Waals surface area contributed by atoms with Crippen LogP contribution in [-0.4, -0.2) is 36.0 Å². The molecule has 0 aromatic carbocycles. The van der Waals surface area contributed by atoms with E-state index in [4.69, 9.17) is 5.26 Å². The highest BCUT2D eigenvalue weighted by atomic mass is 35.5. The van der Waals surface area contributed by atoms with Gasteiger partial charge in [0, 0.05) is 12.6 Å². The van der Waals surface area contributed by atoms with E-state index in [9.17, 15) is 4.79 Å². The molecule has 1 saturated heterocycles. The summed E-state index contributed by atoms with van der Waals surface area (Å²) >= 11 is 0. The molecule has 0 aromatic rings. The lowest BCUT2D eigenvalue weighted by Crippen LogP contribution is -2.42. The van der Waals surface area contributed by atoms with Crippen LogP contribution in [0.4, 0.5) is 0 Å². The van der Waals surface area contributed by atoms with E-state index in [0.29, 0.717) is 12.6 Å². The molecule has 1 amide bonds. The van der Waals surface area contributed by atoms with Crippen LogP contribution in [0.5, 0.6) is 0 Å². The summed E-state index contributed by atoms with van der Waals surface area (Å²) in [6.07, 6.45) is 6.73. The molecule has 17 heavy (non-hydrogen) atoms. The van der Waals surface area contributed by atoms with Crippen molar-refractivity contribution in [1.82, 2.24) is 10.2 Å². The second-order valence-corrected chi connectivity index (χ2v) is 4.74. The molecule has 0 bridgehead atoms. The van der Waals surface area contributed by atoms with Gasteiger partial charge >= 0.3 is 0 Å². The van der Waals surface area contributed by atoms with E-state index in [-0.39, 0.29) is 24.4 Å². The summed E-state index contributed by atoms with van der Waals surface area (Å²) in [5.41, 5.74) is 0. The first-order chi connectivity index (χ1) is 7.81. The number of nitriles is 1. The van der Waals surface area contributed by atoms with Crippen LogP contribution in [0, 0.1) is 11.3 Å². The van der Waals surface area contributed by atoms with Gasteiger partial charge in [-0.1, -0.05) is 12.8 Å². The average Bonchev–Trinajstić information content (AvgIpc) is 2.96. The van der Waals surface area contributed by atoms with Crippen molar-refractivity contribution in [2.75, 3.05) is 13.1 Å². The zero-order valence-corrected chi connectivity index (χ0v) is 10.8. The van der Waals surface area contributed by atoms with Crippen molar-refractivity contribution in [3.63, 3.8) is 0 Å². The van der Waals surface area contributed by atoms with Gasteiger partial charge in [0.25, 0.3) is 0 Å². The molecule has 2 fully saturated rings. The van der Waals surface area contributed by atoms with Crippen LogP contribution in [0.2, 0.25) is 0 Å². The normalized spacial score (nSPS) is 24.4. The van der Waals surface area contributed by atoms with Gasteiger partial charge in [-0.15, -0.1) is 12.4 Å². The lowest BCUT2D eigenvalue weighted by molar-refractivity contribution is -0.130. The Balaban J connectivity index is 0.00000144. The molecule has 96 valence electrons. The molecule has 4 nitrogen and oxygen atoms in total. The van der Waals surface area contributed by atoms with Crippen LogP contribution in [0.1, 0.15) is 38.5 Å². The summed E-state index contributed by atoms with van der Waals surface area (Å²) in [6.45, 7) is 1.16. The minimum atomic E-state index is -0.183. The number of carbonyl (C=O) groups excluding carboxylic acids is 1. The number of likely N-dealkylation sites (tertiary alicyclic amines) is 1. The molecule has 0 spiro atoms. The Morgan fingerprint density at radius 3 is 2.65 bits per heavy atom. The third-order valence-corrected chi connectivity index (χ3v) is 3.62. The molecule has 0 unspecified atom stereocenters. The summed E-state index contributed by atoms with van der Waals surface area (Å²) in [4.78, 5) is 13.6. The first-order valence-corrected chi connectivity index (χ1v) is 6.23. The predicted molar refractivity (Wildman–Crippen MR) is 67.9 cm³/mol. The zero-order chi connectivity index (χ0) is 11.4. The molecule has 1 saturated carbocycles. The van der Waals surface area contributed by atoms with Gasteiger partial charge < -0.3 is 10.2 Å². The quantitative estimate of drug-likeness (QED) is 0.833. The maximum atomic E-state index is 11.9. The van der Waals surface area contributed by atoms with E-state index in [0.717, 1.165) is 19.4 Å². The topological polar surface area (TPSA) is 56.1 Å². The van der Waals surface area contributed by atoms with Crippen molar-refractivity contribution in [1.29, 1.82) is 5.26 Å². The third kappa shape index (κ3) is 3.58. The lowest BCUT2D eigenvalue weighted by Gasteiger charge is -2.21. The summed E-state index contributed by atoms with van der Waals surface area (Å²) in [7, 11) is 0. The van der Waals surface area contributed by atoms with Gasteiger partial charge in [0.1, 0.15) is 6.04 Å². The first-order valence-electron chi connectivity index (χ1n) is 6.23. The molecule has 1 aliphatic heterocycles. The van der Waals surface area contributed by atoms with Gasteiger partial charge in [-0.2, -0.15) is 5.26 Å². The highest BCUT2D eigenvalue weighted by Gasteiger charge is 2.28. The fourth-order valence-corrected chi connectivity index (χ4v) is 2.66. The largest absolute Gasteiger partial charge is 0.326 e. The Hall–Kier alpha value is -0.790. The molecule has 2 aliphatic rings. The second-order valence-electron chi connectivity index (χ2n) is 4.74. The molecule has 5 heteroatoms. The molecule has 1 N–H and O–H groups in total. The highest BCUT2D eigenvalue weighted by molar-refractivity contribution is 5.85. The maximum absolute atomic E-state index is 11.9. The molecule has 0 radical (unpaired) electrons. The van der Waals surface area contributed by atoms with Crippen LogP contribution in [-0.2, 0) is 4.79 Å². The minimum absolute atomic E-state index is 0. The zero-order valence-electron chi connectivity index (χ0n) is 10.0. The predicted octanol–water partition coefficient (Wildman–Crippen LogP) is 1.45. The van der Waals surface area contributed by atoms with E-state index in [2.05, 4.69) is 11.4 Å². The van der Waals surface area contributed by atoms with Crippen LogP contribution < -0.4 is 5.32 Å². The van der Waals surface area contributed by atoms with Crippen molar-refractivity contribution < 1.29 is 4.79 Å². The number of hydrogen-bond donors (Lipinski definition) is 1. The Morgan fingerprint density at radius 2 is 2.00 bits per heavy atom. The van der Waals surface area contributed by atoms with Gasteiger partial charge in [-0.3, -0.25) is 4.79 Å². The summed E-state index contributed by atoms with van der Waals surface area (Å²) in [5.74, 6) is 0.0935. The van der Waals surface area contributed by atoms with Gasteiger partial charge in [0.05, 0.1) is 12.6 Å². The molecule has 1 heterocycles. The number of amides is 1. The van der Waals surface area contributed by atoms with Crippen LogP contribution in [0.25, 0.3) is 0 Å². The maximum Gasteiger partial charge on any atom is 0.237 e. The van der Waals surface area contributed by atoms with Gasteiger partial charge in [-0.05, 0) is 25.7 Å². The Morgan fingerprint density at radius 1 is 1.29 bits per heavy atom. The third-order valence-electron chi connectivity index (χ3n) is 3.62. The smallest absolute Gasteiger partial charge is 0.237 e. The fraction of sp³-hybridized carbons (Fsp3) is 0.833. The number of nitrogens with one attached hydrogen (secondary N) is 1. The summed E-state index contributed by atoms with van der Waals surface area (Å²) in [5, 5.41) is 12.2. The lowest BCUT2D eigenvalue weighted by atomic mass is 10.2. The standard InChI is InChI=1S/C12H19N3O.ClH/c13-8-11-6-3-7-15(11)12(16)9-14-10-4-1-2-5-10;/h10-11,14H,1-7,9H2;1H/t11-;/m0./s1. The molecule has 1 atom stereocenters. The van der Waals surface area contributed by atoms with Crippen molar-refractivity contribution in [3.8, 4) is 6.07 Å². The molecular weight excluding hydrogens is 238 g/mol. The molecule has 2 rings (SSSR count). The number of hydrogen-bond acceptors (Lipinski definition) is 3. The highest BCUT2D eigenvalue weighted by Crippen LogP contribution is 2.18. The van der Waals surface area contributed by atoms with E-state index >= 15 is 0 Å². The van der Waals surface area contributed by atoms with E-state index in [1.165, 1.54) is 25.7 Å². The van der Waals surface area contributed by atoms with Crippen LogP contribution >= 0.6 is 12.4 Å². The molecule has 1 aliphatic carbocycles. The van der Waals surface area contributed by atoms with Crippen LogP contribution in [0.3, 0.4) is 0 Å². The van der Waals surface area contributed by atoms with Crippen molar-refractivity contribution >= 4 is 18.3 Å². The van der Waals surface area contributed by atoms with E-state index in [1.807, 2.05) is 0 Å². The van der Waals surface area contributed by atoms with Gasteiger partial charge in [-0.25, -0.2) is 0 Å². The molecular formula is C12H20ClN3O. The van der Waals surface area contributed by atoms with E-state index in [1.54, 1.807) is 4.90 Å².